The summed E-state index contributed by atoms with van der Waals surface area (Å²) in [6.07, 6.45) is 1.01. The van der Waals surface area contributed by atoms with Crippen LogP contribution in [0.3, 0.4) is 0 Å². The molecule has 0 fully saturated rings. The molecule has 0 unspecified atom stereocenters. The Labute approximate surface area is 80.1 Å². The van der Waals surface area contributed by atoms with E-state index in [1.807, 2.05) is 0 Å². The zero-order valence-electron chi connectivity index (χ0n) is 8.72. The van der Waals surface area contributed by atoms with Crippen molar-refractivity contribution in [2.75, 3.05) is 13.1 Å². The van der Waals surface area contributed by atoms with Gasteiger partial charge in [0.25, 0.3) is 0 Å². The van der Waals surface area contributed by atoms with E-state index in [2.05, 4.69) is 31.1 Å². The summed E-state index contributed by atoms with van der Waals surface area (Å²) in [4.78, 5) is 4.22. The maximum absolute atomic E-state index is 7.26. The highest BCUT2D eigenvalue weighted by Crippen LogP contribution is 1.91. The van der Waals surface area contributed by atoms with Gasteiger partial charge in [-0.2, -0.15) is 0 Å². The lowest BCUT2D eigenvalue weighted by molar-refractivity contribution is 0.663. The second-order valence-electron chi connectivity index (χ2n) is 3.42. The molecule has 0 rings (SSSR count). The fraction of sp³-hybridized carbons (Fsp3) is 0.778. The van der Waals surface area contributed by atoms with Gasteiger partial charge in [0.15, 0.2) is 11.7 Å². The first kappa shape index (κ1) is 11.9. The summed E-state index contributed by atoms with van der Waals surface area (Å²) in [5.41, 5.74) is 5.35. The Bertz CT molecular complexity index is 184. The van der Waals surface area contributed by atoms with Crippen LogP contribution in [0.1, 0.15) is 27.2 Å². The van der Waals surface area contributed by atoms with E-state index in [0.29, 0.717) is 18.3 Å². The van der Waals surface area contributed by atoms with Crippen LogP contribution in [0, 0.1) is 11.3 Å². The van der Waals surface area contributed by atoms with Crippen molar-refractivity contribution in [3.05, 3.63) is 0 Å². The van der Waals surface area contributed by atoms with Gasteiger partial charge < -0.3 is 11.1 Å². The highest BCUT2D eigenvalue weighted by molar-refractivity contribution is 6.38. The van der Waals surface area contributed by atoms with Gasteiger partial charge in [-0.1, -0.05) is 20.8 Å². The molecule has 4 nitrogen and oxygen atoms in total. The summed E-state index contributed by atoms with van der Waals surface area (Å²) < 4.78 is 0. The van der Waals surface area contributed by atoms with Crippen molar-refractivity contribution in [2.24, 2.45) is 16.6 Å². The first-order chi connectivity index (χ1) is 6.07. The van der Waals surface area contributed by atoms with Crippen LogP contribution in [-0.4, -0.2) is 24.8 Å². The van der Waals surface area contributed by atoms with Crippen LogP contribution in [0.2, 0.25) is 0 Å². The molecule has 13 heavy (non-hydrogen) atoms. The molecule has 0 atom stereocenters. The molecule has 0 aromatic rings. The van der Waals surface area contributed by atoms with E-state index in [1.165, 1.54) is 0 Å². The quantitative estimate of drug-likeness (QED) is 0.450. The van der Waals surface area contributed by atoms with E-state index in [0.717, 1.165) is 13.0 Å². The van der Waals surface area contributed by atoms with E-state index >= 15 is 0 Å². The fourth-order valence-corrected chi connectivity index (χ4v) is 0.754. The molecule has 0 aliphatic heterocycles. The molecule has 0 heterocycles. The third kappa shape index (κ3) is 6.13. The SMILES string of the molecule is CCCNC(=NCC(C)C)C(=N)N. The first-order valence-corrected chi connectivity index (χ1v) is 4.70. The Morgan fingerprint density at radius 2 is 2.15 bits per heavy atom. The minimum Gasteiger partial charge on any atom is -0.381 e. The number of nitrogens with two attached hydrogens (primary N) is 1. The molecule has 0 aliphatic carbocycles. The van der Waals surface area contributed by atoms with Gasteiger partial charge in [0.05, 0.1) is 0 Å². The molecule has 0 aromatic carbocycles. The first-order valence-electron chi connectivity index (χ1n) is 4.70. The average Bonchev–Trinajstić information content (AvgIpc) is 2.03. The van der Waals surface area contributed by atoms with E-state index in [9.17, 15) is 0 Å². The third-order valence-electron chi connectivity index (χ3n) is 1.41. The second kappa shape index (κ2) is 6.46. The number of nitrogens with zero attached hydrogens (tertiary/aromatic N) is 1. The summed E-state index contributed by atoms with van der Waals surface area (Å²) >= 11 is 0. The Balaban J connectivity index is 4.07. The summed E-state index contributed by atoms with van der Waals surface area (Å²) in [6.45, 7) is 7.76. The zero-order chi connectivity index (χ0) is 10.3. The van der Waals surface area contributed by atoms with Gasteiger partial charge in [0.1, 0.15) is 0 Å². The molecular formula is C9H20N4. The molecule has 0 saturated heterocycles. The second-order valence-corrected chi connectivity index (χ2v) is 3.42. The molecule has 4 N–H and O–H groups in total. The van der Waals surface area contributed by atoms with Crippen LogP contribution < -0.4 is 11.1 Å². The molecule has 0 amide bonds. The lowest BCUT2D eigenvalue weighted by Crippen LogP contribution is -2.36. The van der Waals surface area contributed by atoms with E-state index in [4.69, 9.17) is 11.1 Å². The van der Waals surface area contributed by atoms with Crippen LogP contribution in [0.5, 0.6) is 0 Å². The lowest BCUT2D eigenvalue weighted by atomic mass is 10.2. The zero-order valence-corrected chi connectivity index (χ0v) is 8.72. The molecule has 4 heteroatoms. The van der Waals surface area contributed by atoms with E-state index in [1.54, 1.807) is 0 Å². The Morgan fingerprint density at radius 3 is 2.54 bits per heavy atom. The van der Waals surface area contributed by atoms with Crippen LogP contribution in [0.25, 0.3) is 0 Å². The molecule has 0 spiro atoms. The van der Waals surface area contributed by atoms with Crippen LogP contribution in [0.4, 0.5) is 0 Å². The number of amidine groups is 2. The minimum absolute atomic E-state index is 0.0223. The van der Waals surface area contributed by atoms with Crippen LogP contribution in [0.15, 0.2) is 4.99 Å². The predicted molar refractivity (Wildman–Crippen MR) is 57.3 cm³/mol. The van der Waals surface area contributed by atoms with Crippen molar-refractivity contribution in [1.82, 2.24) is 5.32 Å². The highest BCUT2D eigenvalue weighted by atomic mass is 15.0. The van der Waals surface area contributed by atoms with Gasteiger partial charge in [0, 0.05) is 13.1 Å². The summed E-state index contributed by atoms with van der Waals surface area (Å²) in [7, 11) is 0. The maximum atomic E-state index is 7.26. The monoisotopic (exact) mass is 184 g/mol. The van der Waals surface area contributed by atoms with E-state index in [-0.39, 0.29) is 5.84 Å². The molecular weight excluding hydrogens is 164 g/mol. The Morgan fingerprint density at radius 1 is 1.54 bits per heavy atom. The van der Waals surface area contributed by atoms with Gasteiger partial charge in [-0.25, -0.2) is 0 Å². The lowest BCUT2D eigenvalue weighted by Gasteiger charge is -2.07. The molecule has 0 aromatic heterocycles. The number of rotatable bonds is 4. The third-order valence-corrected chi connectivity index (χ3v) is 1.41. The van der Waals surface area contributed by atoms with Crippen molar-refractivity contribution in [2.45, 2.75) is 27.2 Å². The Kier molecular flexibility index (Phi) is 5.93. The molecule has 0 saturated carbocycles. The van der Waals surface area contributed by atoms with Crippen LogP contribution >= 0.6 is 0 Å². The topological polar surface area (TPSA) is 74.3 Å². The van der Waals surface area contributed by atoms with Gasteiger partial charge in [-0.15, -0.1) is 0 Å². The number of hydrogen-bond acceptors (Lipinski definition) is 2. The maximum Gasteiger partial charge on any atom is 0.163 e. The normalized spacial score (nSPS) is 11.8. The summed E-state index contributed by atoms with van der Waals surface area (Å²) in [5, 5.41) is 10.3. The van der Waals surface area contributed by atoms with Gasteiger partial charge in [0.2, 0.25) is 0 Å². The smallest absolute Gasteiger partial charge is 0.163 e. The van der Waals surface area contributed by atoms with Gasteiger partial charge in [-0.3, -0.25) is 10.4 Å². The molecule has 76 valence electrons. The van der Waals surface area contributed by atoms with Crippen molar-refractivity contribution in [3.8, 4) is 0 Å². The minimum atomic E-state index is 0.0223. The average molecular weight is 184 g/mol. The van der Waals surface area contributed by atoms with Crippen molar-refractivity contribution >= 4 is 11.7 Å². The molecule has 0 bridgehead atoms. The highest BCUT2D eigenvalue weighted by Gasteiger charge is 2.01. The largest absolute Gasteiger partial charge is 0.381 e. The Hall–Kier alpha value is -1.06. The number of nitrogens with one attached hydrogen (secondary N) is 2. The summed E-state index contributed by atoms with van der Waals surface area (Å²) in [6, 6.07) is 0. The van der Waals surface area contributed by atoms with Gasteiger partial charge >= 0.3 is 0 Å². The molecule has 0 aliphatic rings. The van der Waals surface area contributed by atoms with Crippen molar-refractivity contribution < 1.29 is 0 Å². The predicted octanol–water partition coefficient (Wildman–Crippen LogP) is 0.976. The number of aliphatic imine (C=N–C) groups is 1. The van der Waals surface area contributed by atoms with Crippen molar-refractivity contribution in [1.29, 1.82) is 5.41 Å². The summed E-state index contributed by atoms with van der Waals surface area (Å²) in [5.74, 6) is 1.04. The standard InChI is InChI=1S/C9H20N4/c1-4-5-12-9(8(10)11)13-6-7(2)3/h7H,4-6H2,1-3H3,(H3,10,11)(H,12,13). The fourth-order valence-electron chi connectivity index (χ4n) is 0.754. The van der Waals surface area contributed by atoms with Gasteiger partial charge in [-0.05, 0) is 12.3 Å². The van der Waals surface area contributed by atoms with E-state index < -0.39 is 0 Å². The molecule has 0 radical (unpaired) electrons. The number of hydrogen-bond donors (Lipinski definition) is 3. The van der Waals surface area contributed by atoms with Crippen molar-refractivity contribution in [3.63, 3.8) is 0 Å². The van der Waals surface area contributed by atoms with Crippen LogP contribution in [-0.2, 0) is 0 Å².